The van der Waals surface area contributed by atoms with Crippen LogP contribution in [-0.4, -0.2) is 13.3 Å². The van der Waals surface area contributed by atoms with Gasteiger partial charge in [0.15, 0.2) is 0 Å². The Kier molecular flexibility index (Phi) is 5.72. The van der Waals surface area contributed by atoms with E-state index in [0.717, 1.165) is 0 Å². The quantitative estimate of drug-likeness (QED) is 0.260. The molecule has 2 heteroatoms. The minimum atomic E-state index is -0.114. The van der Waals surface area contributed by atoms with Crippen molar-refractivity contribution in [3.8, 4) is 11.1 Å². The fourth-order valence-corrected chi connectivity index (χ4v) is 5.83. The van der Waals surface area contributed by atoms with E-state index in [1.54, 1.807) is 0 Å². The van der Waals surface area contributed by atoms with E-state index in [-0.39, 0.29) is 14.0 Å². The van der Waals surface area contributed by atoms with Gasteiger partial charge in [-0.3, -0.25) is 0 Å². The summed E-state index contributed by atoms with van der Waals surface area (Å²) in [6.07, 6.45) is 2.40. The number of rotatable bonds is 4. The summed E-state index contributed by atoms with van der Waals surface area (Å²) in [7, 11) is -0.114. The first-order chi connectivity index (χ1) is 17.2. The first kappa shape index (κ1) is 21.8. The van der Waals surface area contributed by atoms with Crippen molar-refractivity contribution in [1.29, 1.82) is 0 Å². The van der Waals surface area contributed by atoms with Crippen molar-refractivity contribution in [2.45, 2.75) is 6.04 Å². The van der Waals surface area contributed by atoms with Crippen molar-refractivity contribution in [3.05, 3.63) is 138 Å². The molecule has 35 heavy (non-hydrogen) atoms. The second-order valence-corrected chi connectivity index (χ2v) is 11.6. The Labute approximate surface area is 208 Å². The molecule has 0 bridgehead atoms. The minimum Gasteiger partial charge on any atom is -0.374 e. The number of nitrogens with one attached hydrogen (secondary N) is 1. The van der Waals surface area contributed by atoms with Crippen LogP contribution in [0.3, 0.4) is 0 Å². The number of hydrogen-bond donors (Lipinski definition) is 1. The summed E-state index contributed by atoms with van der Waals surface area (Å²) in [4.78, 5) is 0. The lowest BCUT2D eigenvalue weighted by Gasteiger charge is -2.30. The zero-order valence-electron chi connectivity index (χ0n) is 20.1. The highest BCUT2D eigenvalue weighted by Crippen LogP contribution is 2.47. The fourth-order valence-electron chi connectivity index (χ4n) is 5.09. The van der Waals surface area contributed by atoms with Gasteiger partial charge in [-0.25, -0.2) is 0 Å². The van der Waals surface area contributed by atoms with Gasteiger partial charge >= 0.3 is 0 Å². The maximum Gasteiger partial charge on any atom is 0.0707 e. The molecule has 5 aromatic carbocycles. The van der Waals surface area contributed by atoms with Gasteiger partial charge in [-0.05, 0) is 63.8 Å². The minimum absolute atomic E-state index is 0.0946. The van der Waals surface area contributed by atoms with Gasteiger partial charge in [0.25, 0.3) is 0 Å². The number of anilines is 1. The van der Waals surface area contributed by atoms with Gasteiger partial charge in [-0.15, -0.1) is 0 Å². The van der Waals surface area contributed by atoms with E-state index in [0.29, 0.717) is 0 Å². The summed E-state index contributed by atoms with van der Waals surface area (Å²) in [6, 6.07) is 42.0. The highest BCUT2D eigenvalue weighted by molar-refractivity contribution is 7.64. The second kappa shape index (κ2) is 9.17. The second-order valence-electron chi connectivity index (χ2n) is 9.32. The van der Waals surface area contributed by atoms with Crippen molar-refractivity contribution in [3.63, 3.8) is 0 Å². The first-order valence-electron chi connectivity index (χ1n) is 12.1. The van der Waals surface area contributed by atoms with Crippen LogP contribution < -0.4 is 10.6 Å². The molecule has 6 rings (SSSR count). The Morgan fingerprint density at radius 3 is 2.03 bits per heavy atom. The average molecular weight is 470 g/mol. The molecule has 1 heterocycles. The monoisotopic (exact) mass is 469 g/mol. The van der Waals surface area contributed by atoms with Crippen LogP contribution in [0.5, 0.6) is 0 Å². The predicted octanol–water partition coefficient (Wildman–Crippen LogP) is 8.47. The number of benzene rings is 5. The Morgan fingerprint density at radius 2 is 1.31 bits per heavy atom. The molecule has 1 nitrogen and oxygen atoms in total. The smallest absolute Gasteiger partial charge is 0.0707 e. The Morgan fingerprint density at radius 1 is 0.657 bits per heavy atom. The molecule has 0 aliphatic carbocycles. The molecule has 1 unspecified atom stereocenters. The SMILES string of the molecule is CP(C)c1ccc(-c2cc3ccccc3c3c2NC(c2ccccc2)C=C3c2ccccc2)cc1. The van der Waals surface area contributed by atoms with Gasteiger partial charge in [0.2, 0.25) is 0 Å². The molecule has 0 fully saturated rings. The van der Waals surface area contributed by atoms with Crippen molar-refractivity contribution in [1.82, 2.24) is 0 Å². The van der Waals surface area contributed by atoms with Crippen LogP contribution in [-0.2, 0) is 0 Å². The van der Waals surface area contributed by atoms with Crippen molar-refractivity contribution < 1.29 is 0 Å². The highest BCUT2D eigenvalue weighted by atomic mass is 31.1. The van der Waals surface area contributed by atoms with Crippen LogP contribution in [0, 0.1) is 0 Å². The van der Waals surface area contributed by atoms with Gasteiger partial charge < -0.3 is 5.32 Å². The van der Waals surface area contributed by atoms with Crippen LogP contribution in [0.4, 0.5) is 5.69 Å². The molecular formula is C33H28NP. The van der Waals surface area contributed by atoms with E-state index in [1.165, 1.54) is 55.2 Å². The van der Waals surface area contributed by atoms with Gasteiger partial charge in [-0.1, -0.05) is 117 Å². The molecule has 0 aromatic heterocycles. The molecule has 1 aliphatic heterocycles. The van der Waals surface area contributed by atoms with Crippen molar-refractivity contribution >= 4 is 35.3 Å². The molecule has 1 N–H and O–H groups in total. The number of hydrogen-bond acceptors (Lipinski definition) is 1. The lowest BCUT2D eigenvalue weighted by Crippen LogP contribution is -2.16. The van der Waals surface area contributed by atoms with Gasteiger partial charge in [0.05, 0.1) is 11.7 Å². The largest absolute Gasteiger partial charge is 0.374 e. The third-order valence-corrected chi connectivity index (χ3v) is 8.22. The molecule has 0 saturated heterocycles. The van der Waals surface area contributed by atoms with Gasteiger partial charge in [0, 0.05) is 11.1 Å². The average Bonchev–Trinajstić information content (AvgIpc) is 2.93. The number of fused-ring (bicyclic) bond motifs is 3. The lowest BCUT2D eigenvalue weighted by atomic mass is 9.83. The van der Waals surface area contributed by atoms with Crippen molar-refractivity contribution in [2.24, 2.45) is 0 Å². The maximum absolute atomic E-state index is 3.94. The van der Waals surface area contributed by atoms with E-state index in [1.807, 2.05) is 0 Å². The van der Waals surface area contributed by atoms with Crippen LogP contribution in [0.2, 0.25) is 0 Å². The standard InChI is InChI=1S/C33H28NP/c1-35(2)27-19-17-24(18-20-27)30-21-26-15-9-10-16-28(26)32-29(23-11-5-3-6-12-23)22-31(34-33(30)32)25-13-7-4-8-14-25/h3-22,31,34H,1-2H3. The summed E-state index contributed by atoms with van der Waals surface area (Å²) in [6.45, 7) is 4.62. The Balaban J connectivity index is 1.64. The molecule has 0 radical (unpaired) electrons. The summed E-state index contributed by atoms with van der Waals surface area (Å²) in [5, 5.41) is 7.91. The third kappa shape index (κ3) is 4.07. The normalized spacial score (nSPS) is 14.9. The Bertz CT molecular complexity index is 1520. The van der Waals surface area contributed by atoms with E-state index in [2.05, 4.69) is 140 Å². The van der Waals surface area contributed by atoms with E-state index >= 15 is 0 Å². The lowest BCUT2D eigenvalue weighted by molar-refractivity contribution is 0.975. The molecule has 5 aromatic rings. The summed E-state index contributed by atoms with van der Waals surface area (Å²) in [5.41, 5.74) is 8.80. The molecule has 0 amide bonds. The van der Waals surface area contributed by atoms with Gasteiger partial charge in [-0.2, -0.15) is 0 Å². The van der Waals surface area contributed by atoms with Crippen LogP contribution in [0.25, 0.3) is 27.5 Å². The van der Waals surface area contributed by atoms with E-state index in [9.17, 15) is 0 Å². The zero-order valence-corrected chi connectivity index (χ0v) is 21.0. The van der Waals surface area contributed by atoms with Crippen molar-refractivity contribution in [2.75, 3.05) is 18.6 Å². The fraction of sp³-hybridized carbons (Fsp3) is 0.0909. The molecule has 1 aliphatic rings. The molecule has 170 valence electrons. The molecule has 0 spiro atoms. The predicted molar refractivity (Wildman–Crippen MR) is 154 cm³/mol. The topological polar surface area (TPSA) is 12.0 Å². The van der Waals surface area contributed by atoms with Crippen LogP contribution >= 0.6 is 7.92 Å². The third-order valence-electron chi connectivity index (χ3n) is 6.89. The highest BCUT2D eigenvalue weighted by Gasteiger charge is 2.26. The molecule has 1 atom stereocenters. The zero-order chi connectivity index (χ0) is 23.8. The first-order valence-corrected chi connectivity index (χ1v) is 14.4. The summed E-state index contributed by atoms with van der Waals surface area (Å²) < 4.78 is 0. The molecular weight excluding hydrogens is 441 g/mol. The van der Waals surface area contributed by atoms with E-state index < -0.39 is 0 Å². The Hall–Kier alpha value is -3.67. The van der Waals surface area contributed by atoms with Crippen LogP contribution in [0.1, 0.15) is 22.7 Å². The summed E-state index contributed by atoms with van der Waals surface area (Å²) >= 11 is 0. The maximum atomic E-state index is 3.94. The van der Waals surface area contributed by atoms with Gasteiger partial charge in [0.1, 0.15) is 0 Å². The molecule has 0 saturated carbocycles. The van der Waals surface area contributed by atoms with Crippen LogP contribution in [0.15, 0.2) is 121 Å². The summed E-state index contributed by atoms with van der Waals surface area (Å²) in [5.74, 6) is 0. The van der Waals surface area contributed by atoms with E-state index in [4.69, 9.17) is 0 Å².